The minimum Gasteiger partial charge on any atom is -0.491 e. The number of piperidine rings is 1. The van der Waals surface area contributed by atoms with Crippen molar-refractivity contribution in [2.24, 2.45) is 11.8 Å². The number of para-hydroxylation sites is 2. The third kappa shape index (κ3) is 4.84. The van der Waals surface area contributed by atoms with Gasteiger partial charge in [-0.15, -0.1) is 0 Å². The number of benzene rings is 1. The van der Waals surface area contributed by atoms with Gasteiger partial charge in [-0.05, 0) is 44.7 Å². The Morgan fingerprint density at radius 2 is 1.93 bits per heavy atom. The summed E-state index contributed by atoms with van der Waals surface area (Å²) in [6, 6.07) is 7.35. The molecule has 30 heavy (non-hydrogen) atoms. The summed E-state index contributed by atoms with van der Waals surface area (Å²) in [7, 11) is -3.68. The SMILES string of the molecule is Cc1noc(C)c1S(=O)(=O)N1CCC(C(=O)Nc2ccccc2OCC(C)C)CC1. The number of aromatic nitrogens is 1. The van der Waals surface area contributed by atoms with Gasteiger partial charge in [0.15, 0.2) is 5.76 Å². The van der Waals surface area contributed by atoms with Gasteiger partial charge in [0.1, 0.15) is 16.3 Å². The Balaban J connectivity index is 1.63. The molecular weight excluding hydrogens is 406 g/mol. The number of anilines is 1. The molecule has 0 unspecified atom stereocenters. The van der Waals surface area contributed by atoms with Gasteiger partial charge < -0.3 is 14.6 Å². The quantitative estimate of drug-likeness (QED) is 0.715. The molecule has 1 saturated heterocycles. The molecule has 1 aromatic heterocycles. The van der Waals surface area contributed by atoms with Crippen LogP contribution in [-0.4, -0.2) is 43.5 Å². The highest BCUT2D eigenvalue weighted by Crippen LogP contribution is 2.29. The number of carbonyl (C=O) groups is 1. The number of carbonyl (C=O) groups excluding carboxylic acids is 1. The first-order chi connectivity index (χ1) is 14.2. The van der Waals surface area contributed by atoms with Crippen LogP contribution in [0.25, 0.3) is 0 Å². The molecule has 1 aliphatic rings. The Hall–Kier alpha value is -2.39. The van der Waals surface area contributed by atoms with Gasteiger partial charge in [0.05, 0.1) is 12.3 Å². The van der Waals surface area contributed by atoms with E-state index in [1.165, 1.54) is 4.31 Å². The number of aryl methyl sites for hydroxylation is 2. The summed E-state index contributed by atoms with van der Waals surface area (Å²) in [5, 5.41) is 6.69. The van der Waals surface area contributed by atoms with Crippen molar-refractivity contribution in [3.8, 4) is 5.75 Å². The van der Waals surface area contributed by atoms with Gasteiger partial charge in [-0.3, -0.25) is 4.79 Å². The fraction of sp³-hybridized carbons (Fsp3) is 0.524. The maximum Gasteiger partial charge on any atom is 0.248 e. The number of hydrogen-bond donors (Lipinski definition) is 1. The van der Waals surface area contributed by atoms with E-state index >= 15 is 0 Å². The first-order valence-corrected chi connectivity index (χ1v) is 11.6. The number of nitrogens with zero attached hydrogens (tertiary/aromatic N) is 2. The molecule has 2 heterocycles. The first-order valence-electron chi connectivity index (χ1n) is 10.2. The number of nitrogens with one attached hydrogen (secondary N) is 1. The average Bonchev–Trinajstić information content (AvgIpc) is 3.06. The highest BCUT2D eigenvalue weighted by atomic mass is 32.2. The van der Waals surface area contributed by atoms with Crippen molar-refractivity contribution < 1.29 is 22.5 Å². The second-order valence-electron chi connectivity index (χ2n) is 8.02. The van der Waals surface area contributed by atoms with Crippen LogP contribution < -0.4 is 10.1 Å². The molecule has 0 saturated carbocycles. The number of sulfonamides is 1. The molecule has 2 aromatic rings. The third-order valence-corrected chi connectivity index (χ3v) is 7.25. The van der Waals surface area contributed by atoms with E-state index in [1.807, 2.05) is 24.3 Å². The molecule has 0 radical (unpaired) electrons. The highest BCUT2D eigenvalue weighted by molar-refractivity contribution is 7.89. The first kappa shape index (κ1) is 22.3. The van der Waals surface area contributed by atoms with Gasteiger partial charge in [0.2, 0.25) is 15.9 Å². The largest absolute Gasteiger partial charge is 0.491 e. The van der Waals surface area contributed by atoms with E-state index in [2.05, 4.69) is 24.3 Å². The van der Waals surface area contributed by atoms with Gasteiger partial charge in [0.25, 0.3) is 0 Å². The van der Waals surface area contributed by atoms with E-state index in [-0.39, 0.29) is 35.6 Å². The van der Waals surface area contributed by atoms with Crippen LogP contribution in [0.4, 0.5) is 5.69 Å². The molecule has 1 aromatic carbocycles. The summed E-state index contributed by atoms with van der Waals surface area (Å²) >= 11 is 0. The van der Waals surface area contributed by atoms with Gasteiger partial charge in [-0.2, -0.15) is 4.31 Å². The van der Waals surface area contributed by atoms with Crippen LogP contribution in [0.2, 0.25) is 0 Å². The highest BCUT2D eigenvalue weighted by Gasteiger charge is 2.35. The van der Waals surface area contributed by atoms with Crippen LogP contribution in [0.1, 0.15) is 38.1 Å². The molecule has 0 atom stereocenters. The molecule has 3 rings (SSSR count). The lowest BCUT2D eigenvalue weighted by atomic mass is 9.97. The molecule has 1 amide bonds. The monoisotopic (exact) mass is 435 g/mol. The zero-order chi connectivity index (χ0) is 21.9. The summed E-state index contributed by atoms with van der Waals surface area (Å²) in [4.78, 5) is 12.9. The van der Waals surface area contributed by atoms with Gasteiger partial charge >= 0.3 is 0 Å². The topological polar surface area (TPSA) is 102 Å². The van der Waals surface area contributed by atoms with Crippen LogP contribution in [0, 0.1) is 25.7 Å². The standard InChI is InChI=1S/C21H29N3O5S/c1-14(2)13-28-19-8-6-5-7-18(19)22-21(25)17-9-11-24(12-10-17)30(26,27)20-15(3)23-29-16(20)4/h5-8,14,17H,9-13H2,1-4H3,(H,22,25). The molecule has 164 valence electrons. The van der Waals surface area contributed by atoms with E-state index in [0.29, 0.717) is 42.5 Å². The van der Waals surface area contributed by atoms with Crippen molar-refractivity contribution in [1.82, 2.24) is 9.46 Å². The molecule has 0 aliphatic carbocycles. The third-order valence-electron chi connectivity index (χ3n) is 5.11. The van der Waals surface area contributed by atoms with Gasteiger partial charge in [0, 0.05) is 19.0 Å². The van der Waals surface area contributed by atoms with E-state index in [4.69, 9.17) is 9.26 Å². The molecule has 9 heteroatoms. The lowest BCUT2D eigenvalue weighted by molar-refractivity contribution is -0.120. The Kier molecular flexibility index (Phi) is 6.82. The summed E-state index contributed by atoms with van der Waals surface area (Å²) in [6.45, 7) is 8.43. The summed E-state index contributed by atoms with van der Waals surface area (Å²) < 4.78 is 38.1. The second-order valence-corrected chi connectivity index (χ2v) is 9.90. The van der Waals surface area contributed by atoms with Crippen LogP contribution >= 0.6 is 0 Å². The summed E-state index contributed by atoms with van der Waals surface area (Å²) in [5.74, 6) is 0.908. The maximum atomic E-state index is 12.9. The van der Waals surface area contributed by atoms with Crippen LogP contribution in [-0.2, 0) is 14.8 Å². The zero-order valence-corrected chi connectivity index (χ0v) is 18.7. The van der Waals surface area contributed by atoms with Crippen molar-refractivity contribution in [3.63, 3.8) is 0 Å². The van der Waals surface area contributed by atoms with Gasteiger partial charge in [-0.25, -0.2) is 8.42 Å². The minimum absolute atomic E-state index is 0.120. The Bertz CT molecular complexity index is 972. The Morgan fingerprint density at radius 3 is 2.53 bits per heavy atom. The van der Waals surface area contributed by atoms with Crippen LogP contribution in [0.15, 0.2) is 33.7 Å². The summed E-state index contributed by atoms with van der Waals surface area (Å²) in [6.07, 6.45) is 0.896. The van der Waals surface area contributed by atoms with E-state index in [1.54, 1.807) is 13.8 Å². The summed E-state index contributed by atoms with van der Waals surface area (Å²) in [5.41, 5.74) is 0.985. The van der Waals surface area contributed by atoms with Crippen molar-refractivity contribution in [1.29, 1.82) is 0 Å². The normalized spacial score (nSPS) is 16.0. The molecular formula is C21H29N3O5S. The van der Waals surface area contributed by atoms with Crippen molar-refractivity contribution in [2.75, 3.05) is 25.0 Å². The number of ether oxygens (including phenoxy) is 1. The lowest BCUT2D eigenvalue weighted by Gasteiger charge is -2.30. The number of rotatable bonds is 7. The molecule has 0 spiro atoms. The molecule has 8 nitrogen and oxygen atoms in total. The van der Waals surface area contributed by atoms with Crippen molar-refractivity contribution in [3.05, 3.63) is 35.7 Å². The predicted octanol–water partition coefficient (Wildman–Crippen LogP) is 3.37. The average molecular weight is 436 g/mol. The van der Waals surface area contributed by atoms with Crippen LogP contribution in [0.3, 0.4) is 0 Å². The fourth-order valence-corrected chi connectivity index (χ4v) is 5.28. The van der Waals surface area contributed by atoms with Gasteiger partial charge in [-0.1, -0.05) is 31.1 Å². The number of hydrogen-bond acceptors (Lipinski definition) is 6. The van der Waals surface area contributed by atoms with E-state index in [0.717, 1.165) is 0 Å². The van der Waals surface area contributed by atoms with E-state index in [9.17, 15) is 13.2 Å². The number of amides is 1. The van der Waals surface area contributed by atoms with E-state index < -0.39 is 10.0 Å². The molecule has 1 aliphatic heterocycles. The maximum absolute atomic E-state index is 12.9. The molecule has 0 bridgehead atoms. The van der Waals surface area contributed by atoms with Crippen molar-refractivity contribution in [2.45, 2.75) is 45.4 Å². The fourth-order valence-electron chi connectivity index (χ4n) is 3.52. The molecule has 1 N–H and O–H groups in total. The zero-order valence-electron chi connectivity index (χ0n) is 17.8. The molecule has 1 fully saturated rings. The smallest absolute Gasteiger partial charge is 0.248 e. The van der Waals surface area contributed by atoms with Crippen molar-refractivity contribution >= 4 is 21.6 Å². The Morgan fingerprint density at radius 1 is 1.27 bits per heavy atom. The minimum atomic E-state index is -3.68. The Labute approximate surface area is 177 Å². The van der Waals surface area contributed by atoms with Crippen LogP contribution in [0.5, 0.6) is 5.75 Å². The second kappa shape index (κ2) is 9.18. The predicted molar refractivity (Wildman–Crippen MR) is 113 cm³/mol. The lowest BCUT2D eigenvalue weighted by Crippen LogP contribution is -2.41.